The van der Waals surface area contributed by atoms with E-state index in [1.807, 2.05) is 31.2 Å². The molecule has 170 valence electrons. The van der Waals surface area contributed by atoms with Crippen LogP contribution in [0, 0.1) is 0 Å². The molecule has 6 heteroatoms. The maximum Gasteiger partial charge on any atom is 0.197 e. The zero-order valence-electron chi connectivity index (χ0n) is 18.2. The van der Waals surface area contributed by atoms with E-state index in [1.165, 1.54) is 5.56 Å². The van der Waals surface area contributed by atoms with Crippen LogP contribution in [-0.4, -0.2) is 16.0 Å². The number of furan rings is 1. The van der Waals surface area contributed by atoms with Gasteiger partial charge in [-0.05, 0) is 92.9 Å². The minimum Gasteiger partial charge on any atom is -0.508 e. The Hall–Kier alpha value is -2.57. The first-order valence-electron chi connectivity index (χ1n) is 10.9. The lowest BCUT2D eigenvalue weighted by Gasteiger charge is -2.07. The Kier molecular flexibility index (Phi) is 7.25. The Morgan fingerprint density at radius 1 is 0.939 bits per heavy atom. The summed E-state index contributed by atoms with van der Waals surface area (Å²) in [4.78, 5) is 13.5. The quantitative estimate of drug-likeness (QED) is 0.212. The van der Waals surface area contributed by atoms with Crippen molar-refractivity contribution < 1.29 is 19.4 Å². The topological polar surface area (TPSA) is 70.7 Å². The predicted molar refractivity (Wildman–Crippen MR) is 137 cm³/mol. The number of hydrogen-bond donors (Lipinski definition) is 2. The lowest BCUT2D eigenvalue weighted by molar-refractivity contribution is 0.103. The fourth-order valence-electron chi connectivity index (χ4n) is 4.05. The van der Waals surface area contributed by atoms with Crippen LogP contribution in [0.15, 0.2) is 68.0 Å². The average Bonchev–Trinajstić information content (AvgIpc) is 3.14. The summed E-state index contributed by atoms with van der Waals surface area (Å²) in [5.41, 5.74) is 3.55. The van der Waals surface area contributed by atoms with Gasteiger partial charge in [0.15, 0.2) is 5.78 Å². The Bertz CT molecular complexity index is 1290. The summed E-state index contributed by atoms with van der Waals surface area (Å²) in [5.74, 6) is 0.602. The zero-order chi connectivity index (χ0) is 23.5. The number of carbonyl (C=O) groups is 1. The number of benzene rings is 3. The molecule has 0 amide bonds. The molecule has 0 radical (unpaired) electrons. The lowest BCUT2D eigenvalue weighted by atomic mass is 9.96. The third-order valence-corrected chi connectivity index (χ3v) is 6.91. The van der Waals surface area contributed by atoms with E-state index in [2.05, 4.69) is 44.0 Å². The summed E-state index contributed by atoms with van der Waals surface area (Å²) in [6.07, 6.45) is 3.96. The largest absolute Gasteiger partial charge is 0.508 e. The number of phenolic OH excluding ortho intramolecular Hbond substituents is 2. The van der Waals surface area contributed by atoms with E-state index in [0.717, 1.165) is 24.8 Å². The molecule has 0 aliphatic carbocycles. The normalized spacial score (nSPS) is 11.2. The molecule has 0 aliphatic heterocycles. The Morgan fingerprint density at radius 2 is 1.64 bits per heavy atom. The molecule has 0 bridgehead atoms. The molecule has 0 aliphatic rings. The van der Waals surface area contributed by atoms with Gasteiger partial charge in [0.05, 0.1) is 14.5 Å². The number of aromatic hydroxyl groups is 2. The zero-order valence-corrected chi connectivity index (χ0v) is 21.4. The van der Waals surface area contributed by atoms with Crippen LogP contribution in [0.2, 0.25) is 0 Å². The number of hydrogen-bond acceptors (Lipinski definition) is 4. The predicted octanol–water partition coefficient (Wildman–Crippen LogP) is 7.73. The van der Waals surface area contributed by atoms with Gasteiger partial charge in [-0.3, -0.25) is 4.79 Å². The summed E-state index contributed by atoms with van der Waals surface area (Å²) in [7, 11) is 0. The van der Waals surface area contributed by atoms with Crippen LogP contribution in [-0.2, 0) is 19.3 Å². The summed E-state index contributed by atoms with van der Waals surface area (Å²) in [6.45, 7) is 2.03. The first-order valence-corrected chi connectivity index (χ1v) is 12.5. The highest BCUT2D eigenvalue weighted by Gasteiger charge is 2.24. The van der Waals surface area contributed by atoms with Crippen molar-refractivity contribution >= 4 is 48.6 Å². The van der Waals surface area contributed by atoms with Crippen LogP contribution in [0.1, 0.15) is 52.6 Å². The fraction of sp³-hybridized carbons (Fsp3) is 0.222. The second-order valence-electron chi connectivity index (χ2n) is 8.08. The molecule has 1 aromatic heterocycles. The number of ketones is 1. The highest BCUT2D eigenvalue weighted by molar-refractivity contribution is 9.11. The summed E-state index contributed by atoms with van der Waals surface area (Å²) >= 11 is 6.59. The van der Waals surface area contributed by atoms with Crippen LogP contribution in [0.4, 0.5) is 0 Å². The highest BCUT2D eigenvalue weighted by atomic mass is 79.9. The molecule has 0 atom stereocenters. The van der Waals surface area contributed by atoms with Crippen molar-refractivity contribution in [2.75, 3.05) is 0 Å². The van der Waals surface area contributed by atoms with Crippen LogP contribution in [0.25, 0.3) is 11.0 Å². The maximum atomic E-state index is 13.5. The molecule has 1 heterocycles. The monoisotopic (exact) mass is 570 g/mol. The second kappa shape index (κ2) is 10.1. The SMILES string of the molecule is CCCc1oc2cc(CCCc3ccccc3)c(O)cc2c1C(=O)c1cc(Br)c(O)c(Br)c1. The molecule has 4 aromatic rings. The number of aryl methyl sites for hydroxylation is 3. The van der Waals surface area contributed by atoms with Gasteiger partial charge in [-0.15, -0.1) is 0 Å². The van der Waals surface area contributed by atoms with Crippen LogP contribution >= 0.6 is 31.9 Å². The molecule has 33 heavy (non-hydrogen) atoms. The molecule has 4 rings (SSSR count). The van der Waals surface area contributed by atoms with E-state index in [1.54, 1.807) is 18.2 Å². The van der Waals surface area contributed by atoms with Gasteiger partial charge in [-0.25, -0.2) is 0 Å². The first kappa shape index (κ1) is 23.6. The van der Waals surface area contributed by atoms with Crippen molar-refractivity contribution in [3.05, 3.63) is 91.6 Å². The third kappa shape index (κ3) is 5.02. The summed E-state index contributed by atoms with van der Waals surface area (Å²) < 4.78 is 6.97. The molecule has 0 spiro atoms. The van der Waals surface area contributed by atoms with Gasteiger partial charge < -0.3 is 14.6 Å². The van der Waals surface area contributed by atoms with E-state index in [0.29, 0.717) is 49.6 Å². The first-order chi connectivity index (χ1) is 15.9. The van der Waals surface area contributed by atoms with Crippen LogP contribution in [0.5, 0.6) is 11.5 Å². The number of halogens is 2. The Balaban J connectivity index is 1.68. The van der Waals surface area contributed by atoms with E-state index < -0.39 is 0 Å². The second-order valence-corrected chi connectivity index (χ2v) is 9.79. The molecule has 0 saturated carbocycles. The lowest BCUT2D eigenvalue weighted by Crippen LogP contribution is -2.04. The Morgan fingerprint density at radius 3 is 2.30 bits per heavy atom. The van der Waals surface area contributed by atoms with E-state index in [-0.39, 0.29) is 17.3 Å². The number of phenols is 2. The van der Waals surface area contributed by atoms with Crippen LogP contribution < -0.4 is 0 Å². The minimum atomic E-state index is -0.213. The van der Waals surface area contributed by atoms with Crippen LogP contribution in [0.3, 0.4) is 0 Å². The molecule has 0 fully saturated rings. The standard InChI is InChI=1S/C27H24Br2O4/c1-2-7-23-25(26(31)18-12-20(28)27(32)21(29)13-18)19-15-22(30)17(14-24(19)33-23)11-6-10-16-8-4-3-5-9-16/h3-5,8-9,12-15,30,32H,2,6-7,10-11H2,1H3. The van der Waals surface area contributed by atoms with Gasteiger partial charge in [0.25, 0.3) is 0 Å². The number of fused-ring (bicyclic) bond motifs is 1. The highest BCUT2D eigenvalue weighted by Crippen LogP contribution is 2.37. The van der Waals surface area contributed by atoms with Crippen molar-refractivity contribution in [1.82, 2.24) is 0 Å². The number of rotatable bonds is 8. The van der Waals surface area contributed by atoms with Gasteiger partial charge in [0.1, 0.15) is 22.8 Å². The molecule has 4 nitrogen and oxygen atoms in total. The van der Waals surface area contributed by atoms with Crippen molar-refractivity contribution in [2.24, 2.45) is 0 Å². The summed E-state index contributed by atoms with van der Waals surface area (Å²) in [5, 5.41) is 21.4. The van der Waals surface area contributed by atoms with E-state index in [4.69, 9.17) is 4.42 Å². The molecule has 0 unspecified atom stereocenters. The third-order valence-electron chi connectivity index (χ3n) is 5.70. The smallest absolute Gasteiger partial charge is 0.197 e. The average molecular weight is 572 g/mol. The molecular weight excluding hydrogens is 548 g/mol. The Labute approximate surface area is 209 Å². The fourth-order valence-corrected chi connectivity index (χ4v) is 5.23. The minimum absolute atomic E-state index is 0.0372. The number of carbonyl (C=O) groups excluding carboxylic acids is 1. The van der Waals surface area contributed by atoms with Gasteiger partial charge in [-0.2, -0.15) is 0 Å². The molecular formula is C27H24Br2O4. The van der Waals surface area contributed by atoms with Gasteiger partial charge in [0, 0.05) is 17.4 Å². The summed E-state index contributed by atoms with van der Waals surface area (Å²) in [6, 6.07) is 16.9. The van der Waals surface area contributed by atoms with Crippen molar-refractivity contribution in [1.29, 1.82) is 0 Å². The van der Waals surface area contributed by atoms with Gasteiger partial charge in [-0.1, -0.05) is 37.3 Å². The maximum absolute atomic E-state index is 13.5. The molecule has 3 aromatic carbocycles. The van der Waals surface area contributed by atoms with E-state index >= 15 is 0 Å². The van der Waals surface area contributed by atoms with E-state index in [9.17, 15) is 15.0 Å². The van der Waals surface area contributed by atoms with Gasteiger partial charge >= 0.3 is 0 Å². The van der Waals surface area contributed by atoms with Gasteiger partial charge in [0.2, 0.25) is 0 Å². The molecule has 2 N–H and O–H groups in total. The van der Waals surface area contributed by atoms with Crippen molar-refractivity contribution in [2.45, 2.75) is 39.0 Å². The van der Waals surface area contributed by atoms with Crippen molar-refractivity contribution in [3.63, 3.8) is 0 Å². The molecule has 0 saturated heterocycles. The van der Waals surface area contributed by atoms with Crippen molar-refractivity contribution in [3.8, 4) is 11.5 Å².